The van der Waals surface area contributed by atoms with Crippen molar-refractivity contribution in [1.29, 1.82) is 0 Å². The van der Waals surface area contributed by atoms with E-state index in [1.54, 1.807) is 0 Å². The summed E-state index contributed by atoms with van der Waals surface area (Å²) < 4.78 is 0. The van der Waals surface area contributed by atoms with Crippen molar-refractivity contribution in [3.63, 3.8) is 0 Å². The van der Waals surface area contributed by atoms with E-state index in [4.69, 9.17) is 0 Å². The molecule has 0 heterocycles. The van der Waals surface area contributed by atoms with E-state index in [2.05, 4.69) is 25.7 Å². The molecule has 0 fully saturated rings. The van der Waals surface area contributed by atoms with Crippen LogP contribution in [0.15, 0.2) is 0 Å². The van der Waals surface area contributed by atoms with Crippen LogP contribution >= 0.6 is 0 Å². The van der Waals surface area contributed by atoms with Crippen molar-refractivity contribution < 1.29 is 0 Å². The molecule has 172 valence electrons. The van der Waals surface area contributed by atoms with Crippen molar-refractivity contribution >= 4 is 0 Å². The molecule has 0 aromatic carbocycles. The maximum absolute atomic E-state index is 3.35. The molecule has 0 amide bonds. The molecule has 0 heteroatoms. The van der Waals surface area contributed by atoms with Gasteiger partial charge in [-0.05, 0) is 12.8 Å². The highest BCUT2D eigenvalue weighted by Gasteiger charge is 1.95. The van der Waals surface area contributed by atoms with Gasteiger partial charge in [-0.2, -0.15) is 0 Å². The Hall–Kier alpha value is -0.440. The molecule has 0 aromatic rings. The second-order valence-electron chi connectivity index (χ2n) is 9.28. The molecule has 0 aliphatic rings. The molecule has 0 saturated heterocycles. The lowest BCUT2D eigenvalue weighted by Crippen LogP contribution is -1.84. The van der Waals surface area contributed by atoms with Gasteiger partial charge >= 0.3 is 0 Å². The Balaban J connectivity index is 3.03. The van der Waals surface area contributed by atoms with E-state index >= 15 is 0 Å². The van der Waals surface area contributed by atoms with E-state index in [9.17, 15) is 0 Å². The van der Waals surface area contributed by atoms with Gasteiger partial charge in [-0.1, -0.05) is 149 Å². The number of hydrogen-bond acceptors (Lipinski definition) is 0. The van der Waals surface area contributed by atoms with Gasteiger partial charge in [-0.15, -0.1) is 11.8 Å². The summed E-state index contributed by atoms with van der Waals surface area (Å²) in [6.07, 6.45) is 35.3. The summed E-state index contributed by atoms with van der Waals surface area (Å²) in [7, 11) is 0. The van der Waals surface area contributed by atoms with Crippen LogP contribution in [0.2, 0.25) is 0 Å². The van der Waals surface area contributed by atoms with Crippen LogP contribution in [0.5, 0.6) is 0 Å². The van der Waals surface area contributed by atoms with Crippen molar-refractivity contribution in [1.82, 2.24) is 0 Å². The summed E-state index contributed by atoms with van der Waals surface area (Å²) in [6.45, 7) is 4.56. The Bertz CT molecular complexity index is 332. The fourth-order valence-corrected chi connectivity index (χ4v) is 4.11. The molecule has 0 nitrogen and oxygen atoms in total. The standard InChI is InChI=1S/C29H56/c1-3-5-7-9-11-13-15-17-19-21-23-25-27-29-28-26-24-22-20-18-16-14-12-10-8-6-4-2/h3-11,13,15-29H2,1-2H3. The molecule has 0 bridgehead atoms. The van der Waals surface area contributed by atoms with Crippen molar-refractivity contribution in [3.05, 3.63) is 0 Å². The summed E-state index contributed by atoms with van der Waals surface area (Å²) in [5.74, 6) is 6.68. The van der Waals surface area contributed by atoms with Crippen LogP contribution in [-0.2, 0) is 0 Å². The van der Waals surface area contributed by atoms with Gasteiger partial charge in [0, 0.05) is 12.8 Å². The molecule has 0 rings (SSSR count). The maximum atomic E-state index is 3.35. The number of hydrogen-bond donors (Lipinski definition) is 0. The zero-order chi connectivity index (χ0) is 21.1. The van der Waals surface area contributed by atoms with Gasteiger partial charge in [0.15, 0.2) is 0 Å². The highest BCUT2D eigenvalue weighted by atomic mass is 14.0. The van der Waals surface area contributed by atoms with Crippen LogP contribution in [0.4, 0.5) is 0 Å². The molecule has 0 radical (unpaired) electrons. The fraction of sp³-hybridized carbons (Fsp3) is 0.931. The first-order valence-electron chi connectivity index (χ1n) is 13.9. The van der Waals surface area contributed by atoms with Crippen molar-refractivity contribution in [3.8, 4) is 11.8 Å². The highest BCUT2D eigenvalue weighted by Crippen LogP contribution is 2.15. The van der Waals surface area contributed by atoms with E-state index < -0.39 is 0 Å². The quantitative estimate of drug-likeness (QED) is 0.117. The smallest absolute Gasteiger partial charge is 0.00886 e. The molecule has 29 heavy (non-hydrogen) atoms. The van der Waals surface area contributed by atoms with Crippen LogP contribution in [0, 0.1) is 11.8 Å². The lowest BCUT2D eigenvalue weighted by Gasteiger charge is -2.04. The van der Waals surface area contributed by atoms with E-state index in [1.165, 1.54) is 148 Å². The van der Waals surface area contributed by atoms with E-state index in [0.717, 1.165) is 12.8 Å². The lowest BCUT2D eigenvalue weighted by molar-refractivity contribution is 0.522. The van der Waals surface area contributed by atoms with Gasteiger partial charge in [-0.3, -0.25) is 0 Å². The van der Waals surface area contributed by atoms with Crippen molar-refractivity contribution in [2.75, 3.05) is 0 Å². The molecular weight excluding hydrogens is 348 g/mol. The summed E-state index contributed by atoms with van der Waals surface area (Å²) in [5.41, 5.74) is 0. The molecule has 0 aliphatic heterocycles. The highest BCUT2D eigenvalue weighted by molar-refractivity contribution is 4.98. The minimum Gasteiger partial charge on any atom is -0.103 e. The first-order valence-corrected chi connectivity index (χ1v) is 13.9. The van der Waals surface area contributed by atoms with Crippen LogP contribution in [0.25, 0.3) is 0 Å². The zero-order valence-corrected chi connectivity index (χ0v) is 20.7. The first kappa shape index (κ1) is 28.6. The average Bonchev–Trinajstić information content (AvgIpc) is 2.74. The van der Waals surface area contributed by atoms with Crippen LogP contribution in [0.3, 0.4) is 0 Å². The van der Waals surface area contributed by atoms with Gasteiger partial charge in [0.05, 0.1) is 0 Å². The Kier molecular flexibility index (Phi) is 27.1. The van der Waals surface area contributed by atoms with E-state index in [0.29, 0.717) is 0 Å². The van der Waals surface area contributed by atoms with Crippen LogP contribution in [0.1, 0.15) is 174 Å². The second kappa shape index (κ2) is 27.6. The van der Waals surface area contributed by atoms with Gasteiger partial charge < -0.3 is 0 Å². The fourth-order valence-electron chi connectivity index (χ4n) is 4.11. The van der Waals surface area contributed by atoms with Crippen molar-refractivity contribution in [2.45, 2.75) is 174 Å². The molecular formula is C29H56. The lowest BCUT2D eigenvalue weighted by atomic mass is 10.0. The Morgan fingerprint density at radius 2 is 0.483 bits per heavy atom. The third-order valence-corrected chi connectivity index (χ3v) is 6.19. The molecule has 0 saturated carbocycles. The third-order valence-electron chi connectivity index (χ3n) is 6.19. The molecule has 0 spiro atoms. The first-order chi connectivity index (χ1) is 14.4. The normalized spacial score (nSPS) is 10.8. The van der Waals surface area contributed by atoms with Crippen molar-refractivity contribution in [2.24, 2.45) is 0 Å². The van der Waals surface area contributed by atoms with Gasteiger partial charge in [-0.25, -0.2) is 0 Å². The minimum atomic E-state index is 1.12. The van der Waals surface area contributed by atoms with E-state index in [-0.39, 0.29) is 0 Å². The van der Waals surface area contributed by atoms with E-state index in [1.807, 2.05) is 0 Å². The molecule has 0 aliphatic carbocycles. The predicted molar refractivity (Wildman–Crippen MR) is 135 cm³/mol. The number of unbranched alkanes of at least 4 members (excludes halogenated alkanes) is 23. The van der Waals surface area contributed by atoms with Crippen LogP contribution < -0.4 is 0 Å². The Labute approximate surface area is 186 Å². The molecule has 0 unspecified atom stereocenters. The average molecular weight is 405 g/mol. The Morgan fingerprint density at radius 1 is 0.276 bits per heavy atom. The van der Waals surface area contributed by atoms with Gasteiger partial charge in [0.1, 0.15) is 0 Å². The topological polar surface area (TPSA) is 0 Å². The Morgan fingerprint density at radius 3 is 0.793 bits per heavy atom. The van der Waals surface area contributed by atoms with Gasteiger partial charge in [0.2, 0.25) is 0 Å². The zero-order valence-electron chi connectivity index (χ0n) is 20.7. The predicted octanol–water partition coefficient (Wildman–Crippen LogP) is 10.8. The second-order valence-corrected chi connectivity index (χ2v) is 9.28. The maximum Gasteiger partial charge on any atom is 0.00886 e. The monoisotopic (exact) mass is 404 g/mol. The summed E-state index contributed by atoms with van der Waals surface area (Å²) in [4.78, 5) is 0. The summed E-state index contributed by atoms with van der Waals surface area (Å²) in [6, 6.07) is 0. The summed E-state index contributed by atoms with van der Waals surface area (Å²) in [5, 5.41) is 0. The summed E-state index contributed by atoms with van der Waals surface area (Å²) >= 11 is 0. The minimum absolute atomic E-state index is 1.12. The largest absolute Gasteiger partial charge is 0.103 e. The SMILES string of the molecule is CCCCCC#CCCCCCCCCCCCCCCCCCCCCCC. The van der Waals surface area contributed by atoms with Crippen LogP contribution in [-0.4, -0.2) is 0 Å². The molecule has 0 N–H and O–H groups in total. The molecule has 0 aromatic heterocycles. The third kappa shape index (κ3) is 27.6. The number of rotatable bonds is 23. The van der Waals surface area contributed by atoms with Gasteiger partial charge in [0.25, 0.3) is 0 Å². The molecule has 0 atom stereocenters.